The molecular formula is C17H12ClNO2. The molecule has 2 rings (SSSR count). The lowest BCUT2D eigenvalue weighted by atomic mass is 10.0. The molecule has 0 amide bonds. The number of ether oxygens (including phenoxy) is 1. The van der Waals surface area contributed by atoms with Gasteiger partial charge in [0.25, 0.3) is 0 Å². The van der Waals surface area contributed by atoms with E-state index in [0.29, 0.717) is 16.2 Å². The Morgan fingerprint density at radius 1 is 1.10 bits per heavy atom. The number of allylic oxidation sites excluding steroid dienone is 1. The van der Waals surface area contributed by atoms with Crippen molar-refractivity contribution >= 4 is 29.2 Å². The van der Waals surface area contributed by atoms with Gasteiger partial charge in [-0.25, -0.2) is 4.79 Å². The SMILES string of the molecule is COC(=O)c1ccc(/C=C(\C#N)c2ccc(Cl)cc2)cc1. The summed E-state index contributed by atoms with van der Waals surface area (Å²) in [6, 6.07) is 16.1. The highest BCUT2D eigenvalue weighted by Gasteiger charge is 2.05. The van der Waals surface area contributed by atoms with Gasteiger partial charge in [0.1, 0.15) is 0 Å². The number of rotatable bonds is 3. The van der Waals surface area contributed by atoms with Crippen molar-refractivity contribution in [2.75, 3.05) is 7.11 Å². The van der Waals surface area contributed by atoms with Crippen LogP contribution in [0.5, 0.6) is 0 Å². The van der Waals surface area contributed by atoms with Crippen LogP contribution in [0.25, 0.3) is 11.6 Å². The Kier molecular flexibility index (Phi) is 4.76. The molecule has 2 aromatic rings. The average Bonchev–Trinajstić information content (AvgIpc) is 2.53. The summed E-state index contributed by atoms with van der Waals surface area (Å²) in [7, 11) is 1.34. The fourth-order valence-electron chi connectivity index (χ4n) is 1.81. The van der Waals surface area contributed by atoms with Crippen LogP contribution in [-0.2, 0) is 4.74 Å². The highest BCUT2D eigenvalue weighted by molar-refractivity contribution is 6.30. The molecule has 0 aromatic heterocycles. The predicted octanol–water partition coefficient (Wildman–Crippen LogP) is 4.19. The molecule has 104 valence electrons. The first-order chi connectivity index (χ1) is 10.1. The minimum absolute atomic E-state index is 0.385. The summed E-state index contributed by atoms with van der Waals surface area (Å²) in [5.74, 6) is -0.385. The maximum absolute atomic E-state index is 11.4. The summed E-state index contributed by atoms with van der Waals surface area (Å²) in [6.45, 7) is 0. The van der Waals surface area contributed by atoms with E-state index < -0.39 is 0 Å². The molecule has 0 saturated carbocycles. The van der Waals surface area contributed by atoms with E-state index in [9.17, 15) is 10.1 Å². The molecule has 21 heavy (non-hydrogen) atoms. The molecular weight excluding hydrogens is 286 g/mol. The van der Waals surface area contributed by atoms with E-state index in [4.69, 9.17) is 11.6 Å². The third-order valence-corrected chi connectivity index (χ3v) is 3.17. The van der Waals surface area contributed by atoms with Crippen molar-refractivity contribution in [2.45, 2.75) is 0 Å². The first-order valence-corrected chi connectivity index (χ1v) is 6.58. The van der Waals surface area contributed by atoms with Crippen LogP contribution in [0, 0.1) is 11.3 Å². The molecule has 0 N–H and O–H groups in total. The van der Waals surface area contributed by atoms with Gasteiger partial charge in [-0.05, 0) is 41.5 Å². The molecule has 0 spiro atoms. The van der Waals surface area contributed by atoms with Crippen LogP contribution < -0.4 is 0 Å². The average molecular weight is 298 g/mol. The molecule has 0 aliphatic carbocycles. The van der Waals surface area contributed by atoms with E-state index in [1.54, 1.807) is 54.6 Å². The van der Waals surface area contributed by atoms with Crippen molar-refractivity contribution in [3.63, 3.8) is 0 Å². The number of carbonyl (C=O) groups is 1. The van der Waals surface area contributed by atoms with E-state index >= 15 is 0 Å². The standard InChI is InChI=1S/C17H12ClNO2/c1-21-17(20)14-4-2-12(3-5-14)10-15(11-19)13-6-8-16(18)9-7-13/h2-10H,1H3/b15-10+. The van der Waals surface area contributed by atoms with Gasteiger partial charge in [0.2, 0.25) is 0 Å². The van der Waals surface area contributed by atoms with Crippen LogP contribution in [0.3, 0.4) is 0 Å². The highest BCUT2D eigenvalue weighted by atomic mass is 35.5. The minimum Gasteiger partial charge on any atom is -0.465 e. The molecule has 2 aromatic carbocycles. The van der Waals surface area contributed by atoms with E-state index in [0.717, 1.165) is 11.1 Å². The van der Waals surface area contributed by atoms with Crippen molar-refractivity contribution in [3.8, 4) is 6.07 Å². The molecule has 0 heterocycles. The molecule has 0 saturated heterocycles. The predicted molar refractivity (Wildman–Crippen MR) is 82.7 cm³/mol. The van der Waals surface area contributed by atoms with Crippen LogP contribution in [0.4, 0.5) is 0 Å². The summed E-state index contributed by atoms with van der Waals surface area (Å²) in [5, 5.41) is 9.89. The van der Waals surface area contributed by atoms with Crippen LogP contribution in [-0.4, -0.2) is 13.1 Å². The Morgan fingerprint density at radius 2 is 1.67 bits per heavy atom. The third kappa shape index (κ3) is 3.71. The maximum Gasteiger partial charge on any atom is 0.337 e. The van der Waals surface area contributed by atoms with E-state index in [1.807, 2.05) is 0 Å². The van der Waals surface area contributed by atoms with Crippen LogP contribution in [0.1, 0.15) is 21.5 Å². The van der Waals surface area contributed by atoms with Gasteiger partial charge >= 0.3 is 5.97 Å². The van der Waals surface area contributed by atoms with Crippen LogP contribution in [0.2, 0.25) is 5.02 Å². The van der Waals surface area contributed by atoms with Gasteiger partial charge in [-0.2, -0.15) is 5.26 Å². The second-order valence-corrected chi connectivity index (χ2v) is 4.73. The molecule has 0 aliphatic heterocycles. The second kappa shape index (κ2) is 6.74. The summed E-state index contributed by atoms with van der Waals surface area (Å²) >= 11 is 5.83. The summed E-state index contributed by atoms with van der Waals surface area (Å²) in [4.78, 5) is 11.4. The molecule has 0 aliphatic rings. The molecule has 0 unspecified atom stereocenters. The Labute approximate surface area is 128 Å². The Bertz CT molecular complexity index is 710. The first-order valence-electron chi connectivity index (χ1n) is 6.20. The molecule has 3 nitrogen and oxygen atoms in total. The van der Waals surface area contributed by atoms with Crippen molar-refractivity contribution in [1.29, 1.82) is 5.26 Å². The number of nitriles is 1. The van der Waals surface area contributed by atoms with E-state index in [2.05, 4.69) is 10.8 Å². The zero-order chi connectivity index (χ0) is 15.2. The lowest BCUT2D eigenvalue weighted by Gasteiger charge is -2.02. The third-order valence-electron chi connectivity index (χ3n) is 2.92. The number of benzene rings is 2. The monoisotopic (exact) mass is 297 g/mol. The number of methoxy groups -OCH3 is 1. The zero-order valence-corrected chi connectivity index (χ0v) is 12.1. The normalized spacial score (nSPS) is 10.8. The highest BCUT2D eigenvalue weighted by Crippen LogP contribution is 2.20. The Hall–Kier alpha value is -2.57. The number of hydrogen-bond acceptors (Lipinski definition) is 3. The van der Waals surface area contributed by atoms with Gasteiger partial charge in [0, 0.05) is 5.02 Å². The summed E-state index contributed by atoms with van der Waals surface area (Å²) in [6.07, 6.45) is 1.75. The minimum atomic E-state index is -0.385. The molecule has 0 radical (unpaired) electrons. The smallest absolute Gasteiger partial charge is 0.337 e. The fourth-order valence-corrected chi connectivity index (χ4v) is 1.94. The molecule has 0 fully saturated rings. The number of carbonyl (C=O) groups excluding carboxylic acids is 1. The zero-order valence-electron chi connectivity index (χ0n) is 11.3. The molecule has 4 heteroatoms. The molecule has 0 atom stereocenters. The Balaban J connectivity index is 2.30. The van der Waals surface area contributed by atoms with Crippen molar-refractivity contribution in [2.24, 2.45) is 0 Å². The molecule has 0 bridgehead atoms. The number of nitrogens with zero attached hydrogens (tertiary/aromatic N) is 1. The fraction of sp³-hybridized carbons (Fsp3) is 0.0588. The number of halogens is 1. The lowest BCUT2D eigenvalue weighted by molar-refractivity contribution is 0.0601. The van der Waals surface area contributed by atoms with Gasteiger partial charge in [0.05, 0.1) is 24.3 Å². The van der Waals surface area contributed by atoms with Gasteiger partial charge < -0.3 is 4.74 Å². The first kappa shape index (κ1) is 14.8. The summed E-state index contributed by atoms with van der Waals surface area (Å²) < 4.78 is 4.64. The van der Waals surface area contributed by atoms with Crippen molar-refractivity contribution in [3.05, 3.63) is 70.2 Å². The summed E-state index contributed by atoms with van der Waals surface area (Å²) in [5.41, 5.74) is 2.62. The van der Waals surface area contributed by atoms with Crippen molar-refractivity contribution in [1.82, 2.24) is 0 Å². The Morgan fingerprint density at radius 3 is 2.19 bits per heavy atom. The van der Waals surface area contributed by atoms with Crippen molar-refractivity contribution < 1.29 is 9.53 Å². The second-order valence-electron chi connectivity index (χ2n) is 4.29. The largest absolute Gasteiger partial charge is 0.465 e. The quantitative estimate of drug-likeness (QED) is 0.485. The van der Waals surface area contributed by atoms with E-state index in [1.165, 1.54) is 7.11 Å². The van der Waals surface area contributed by atoms with Crippen LogP contribution in [0.15, 0.2) is 48.5 Å². The topological polar surface area (TPSA) is 50.1 Å². The van der Waals surface area contributed by atoms with Gasteiger partial charge in [-0.3, -0.25) is 0 Å². The van der Waals surface area contributed by atoms with Gasteiger partial charge in [0.15, 0.2) is 0 Å². The lowest BCUT2D eigenvalue weighted by Crippen LogP contribution is -2.00. The number of hydrogen-bond donors (Lipinski definition) is 0. The van der Waals surface area contributed by atoms with Crippen LogP contribution >= 0.6 is 11.6 Å². The number of esters is 1. The maximum atomic E-state index is 11.4. The van der Waals surface area contributed by atoms with Gasteiger partial charge in [-0.15, -0.1) is 0 Å². The van der Waals surface area contributed by atoms with Gasteiger partial charge in [-0.1, -0.05) is 35.9 Å². The van der Waals surface area contributed by atoms with E-state index in [-0.39, 0.29) is 5.97 Å².